The van der Waals surface area contributed by atoms with Crippen LogP contribution in [0.1, 0.15) is 11.1 Å². The van der Waals surface area contributed by atoms with E-state index in [9.17, 15) is 26.7 Å². The highest BCUT2D eigenvalue weighted by molar-refractivity contribution is 6.02. The summed E-state index contributed by atoms with van der Waals surface area (Å²) in [6, 6.07) is 5.18. The lowest BCUT2D eigenvalue weighted by Crippen LogP contribution is -2.15. The van der Waals surface area contributed by atoms with Gasteiger partial charge in [-0.05, 0) is 23.8 Å². The summed E-state index contributed by atoms with van der Waals surface area (Å²) in [5, 5.41) is 2.72. The Bertz CT molecular complexity index is 1010. The van der Waals surface area contributed by atoms with Crippen LogP contribution >= 0.6 is 0 Å². The molecule has 1 amide bonds. The fourth-order valence-electron chi connectivity index (χ4n) is 2.69. The fraction of sp³-hybridized carbons (Fsp3) is 0.167. The number of anilines is 1. The Morgan fingerprint density at radius 2 is 1.85 bits per heavy atom. The number of halogens is 5. The normalized spacial score (nSPS) is 11.6. The Hall–Kier alpha value is -3.10. The molecule has 0 radical (unpaired) electrons. The lowest BCUT2D eigenvalue weighted by molar-refractivity contribution is -0.138. The van der Waals surface area contributed by atoms with Crippen molar-refractivity contribution in [2.24, 2.45) is 0 Å². The Balaban J connectivity index is 1.82. The molecule has 9 heteroatoms. The third kappa shape index (κ3) is 3.86. The number of aromatic nitrogens is 1. The summed E-state index contributed by atoms with van der Waals surface area (Å²) in [4.78, 5) is 14.9. The van der Waals surface area contributed by atoms with Crippen LogP contribution in [0.4, 0.5) is 27.6 Å². The maximum atomic E-state index is 13.4. The summed E-state index contributed by atoms with van der Waals surface area (Å²) in [5.41, 5.74) is -0.399. The van der Waals surface area contributed by atoms with E-state index in [0.717, 1.165) is 31.4 Å². The Labute approximate surface area is 149 Å². The molecule has 0 unspecified atom stereocenters. The predicted molar refractivity (Wildman–Crippen MR) is 88.5 cm³/mol. The lowest BCUT2D eigenvalue weighted by atomic mass is 10.1. The molecule has 2 aromatic carbocycles. The van der Waals surface area contributed by atoms with E-state index in [0.29, 0.717) is 0 Å². The highest BCUT2D eigenvalue weighted by Gasteiger charge is 2.34. The highest BCUT2D eigenvalue weighted by atomic mass is 19.4. The first kappa shape index (κ1) is 18.7. The summed E-state index contributed by atoms with van der Waals surface area (Å²) in [5.74, 6) is -3.08. The van der Waals surface area contributed by atoms with Gasteiger partial charge in [-0.3, -0.25) is 4.79 Å². The minimum atomic E-state index is -4.63. The van der Waals surface area contributed by atoms with Crippen molar-refractivity contribution in [1.82, 2.24) is 4.98 Å². The third-order valence-electron chi connectivity index (χ3n) is 3.93. The van der Waals surface area contributed by atoms with Crippen LogP contribution in [0.15, 0.2) is 36.5 Å². The molecular formula is C18H13F5N2O2. The van der Waals surface area contributed by atoms with Crippen molar-refractivity contribution < 1.29 is 31.5 Å². The summed E-state index contributed by atoms with van der Waals surface area (Å²) in [6.07, 6.45) is -3.63. The van der Waals surface area contributed by atoms with Crippen LogP contribution < -0.4 is 10.1 Å². The molecule has 0 aliphatic carbocycles. The van der Waals surface area contributed by atoms with Crippen LogP contribution in [-0.2, 0) is 17.4 Å². The van der Waals surface area contributed by atoms with E-state index in [1.165, 1.54) is 12.3 Å². The molecule has 0 saturated heterocycles. The number of hydrogen-bond donors (Lipinski definition) is 2. The summed E-state index contributed by atoms with van der Waals surface area (Å²) < 4.78 is 70.5. The number of ether oxygens (including phenoxy) is 1. The number of benzene rings is 2. The first-order valence-electron chi connectivity index (χ1n) is 7.69. The first-order valence-corrected chi connectivity index (χ1v) is 7.69. The van der Waals surface area contributed by atoms with Gasteiger partial charge in [-0.1, -0.05) is 6.07 Å². The molecule has 1 heterocycles. The van der Waals surface area contributed by atoms with Crippen molar-refractivity contribution in [2.45, 2.75) is 12.6 Å². The Morgan fingerprint density at radius 3 is 2.52 bits per heavy atom. The number of fused-ring (bicyclic) bond motifs is 1. The molecule has 1 aromatic heterocycles. The van der Waals surface area contributed by atoms with Gasteiger partial charge in [0.25, 0.3) is 0 Å². The molecule has 0 aliphatic rings. The molecule has 142 valence electrons. The number of methoxy groups -OCH3 is 1. The molecule has 0 aliphatic heterocycles. The molecule has 3 rings (SSSR count). The molecule has 4 nitrogen and oxygen atoms in total. The Kier molecular flexibility index (Phi) is 4.77. The number of carbonyl (C=O) groups excluding carboxylic acids is 1. The van der Waals surface area contributed by atoms with Gasteiger partial charge in [-0.2, -0.15) is 13.2 Å². The standard InChI is InChI=1S/C18H13F5N2O2/c1-27-16-3-2-9(4-11(16)18(21,22)23)5-17(26)25-15-8-24-14-7-13(20)12(19)6-10(14)15/h2-4,6-8,24H,5H2,1H3,(H,25,26). The summed E-state index contributed by atoms with van der Waals surface area (Å²) in [7, 11) is 1.12. The van der Waals surface area contributed by atoms with Crippen LogP contribution in [0.2, 0.25) is 0 Å². The van der Waals surface area contributed by atoms with Crippen LogP contribution in [0.25, 0.3) is 10.9 Å². The van der Waals surface area contributed by atoms with Crippen molar-refractivity contribution >= 4 is 22.5 Å². The van der Waals surface area contributed by atoms with E-state index in [1.54, 1.807) is 0 Å². The van der Waals surface area contributed by atoms with Crippen LogP contribution in [0.3, 0.4) is 0 Å². The van der Waals surface area contributed by atoms with Crippen LogP contribution in [0.5, 0.6) is 5.75 Å². The number of carbonyl (C=O) groups is 1. The van der Waals surface area contributed by atoms with E-state index < -0.39 is 29.3 Å². The maximum absolute atomic E-state index is 13.4. The third-order valence-corrected chi connectivity index (χ3v) is 3.93. The Morgan fingerprint density at radius 1 is 1.15 bits per heavy atom. The largest absolute Gasteiger partial charge is 0.496 e. The monoisotopic (exact) mass is 384 g/mol. The van der Waals surface area contributed by atoms with Crippen molar-refractivity contribution in [1.29, 1.82) is 0 Å². The quantitative estimate of drug-likeness (QED) is 0.643. The fourth-order valence-corrected chi connectivity index (χ4v) is 2.69. The number of aromatic amines is 1. The van der Waals surface area contributed by atoms with Gasteiger partial charge in [0.05, 0.1) is 30.3 Å². The van der Waals surface area contributed by atoms with Crippen molar-refractivity contribution in [3.8, 4) is 5.75 Å². The minimum absolute atomic E-state index is 0.123. The van der Waals surface area contributed by atoms with Gasteiger partial charge in [0, 0.05) is 17.6 Å². The number of alkyl halides is 3. The van der Waals surface area contributed by atoms with Gasteiger partial charge < -0.3 is 15.0 Å². The SMILES string of the molecule is COc1ccc(CC(=O)Nc2c[nH]c3cc(F)c(F)cc23)cc1C(F)(F)F. The zero-order valence-corrected chi connectivity index (χ0v) is 13.9. The number of hydrogen-bond acceptors (Lipinski definition) is 2. The number of amides is 1. The van der Waals surface area contributed by atoms with Crippen molar-refractivity contribution in [3.63, 3.8) is 0 Å². The zero-order valence-electron chi connectivity index (χ0n) is 13.9. The molecule has 0 fully saturated rings. The number of rotatable bonds is 4. The second kappa shape index (κ2) is 6.90. The van der Waals surface area contributed by atoms with Gasteiger partial charge in [0.1, 0.15) is 5.75 Å². The smallest absolute Gasteiger partial charge is 0.419 e. The molecule has 0 saturated carbocycles. The van der Waals surface area contributed by atoms with Gasteiger partial charge in [-0.25, -0.2) is 8.78 Å². The molecule has 2 N–H and O–H groups in total. The molecule has 0 bridgehead atoms. The lowest BCUT2D eigenvalue weighted by Gasteiger charge is -2.13. The molecule has 0 spiro atoms. The van der Waals surface area contributed by atoms with Gasteiger partial charge >= 0.3 is 6.18 Å². The summed E-state index contributed by atoms with van der Waals surface area (Å²) in [6.45, 7) is 0. The second-order valence-electron chi connectivity index (χ2n) is 5.77. The highest BCUT2D eigenvalue weighted by Crippen LogP contribution is 2.36. The molecule has 0 atom stereocenters. The van der Waals surface area contributed by atoms with Gasteiger partial charge in [-0.15, -0.1) is 0 Å². The molecule has 27 heavy (non-hydrogen) atoms. The second-order valence-corrected chi connectivity index (χ2v) is 5.77. The van der Waals surface area contributed by atoms with E-state index in [-0.39, 0.29) is 34.3 Å². The number of nitrogens with one attached hydrogen (secondary N) is 2. The van der Waals surface area contributed by atoms with Crippen LogP contribution in [0, 0.1) is 11.6 Å². The topological polar surface area (TPSA) is 54.1 Å². The first-order chi connectivity index (χ1) is 12.7. The average molecular weight is 384 g/mol. The zero-order chi connectivity index (χ0) is 19.8. The number of H-pyrrole nitrogens is 1. The molecular weight excluding hydrogens is 371 g/mol. The maximum Gasteiger partial charge on any atom is 0.419 e. The summed E-state index contributed by atoms with van der Waals surface area (Å²) >= 11 is 0. The average Bonchev–Trinajstić information content (AvgIpc) is 2.96. The van der Waals surface area contributed by atoms with Gasteiger partial charge in [0.15, 0.2) is 11.6 Å². The predicted octanol–water partition coefficient (Wildman–Crippen LogP) is 4.65. The van der Waals surface area contributed by atoms with Crippen LogP contribution in [-0.4, -0.2) is 18.0 Å². The minimum Gasteiger partial charge on any atom is -0.496 e. The van der Waals surface area contributed by atoms with E-state index in [2.05, 4.69) is 10.3 Å². The van der Waals surface area contributed by atoms with Gasteiger partial charge in [0.2, 0.25) is 5.91 Å². The van der Waals surface area contributed by atoms with Crippen molar-refractivity contribution in [3.05, 3.63) is 59.3 Å². The van der Waals surface area contributed by atoms with E-state index in [1.807, 2.05) is 0 Å². The van der Waals surface area contributed by atoms with Crippen molar-refractivity contribution in [2.75, 3.05) is 12.4 Å². The molecule has 3 aromatic rings. The van der Waals surface area contributed by atoms with E-state index >= 15 is 0 Å². The van der Waals surface area contributed by atoms with E-state index in [4.69, 9.17) is 4.74 Å².